The SMILES string of the molecule is C#CCNS(=O)(=O)c1ccc(CCN(Cc2cc(Cl)ccc2OCCC)C(C)C)cc1.C#CCNS(=O)(=O)c1ccc(CCN(Cc2cc(Cl)ccc2OCCN2CCOCC2)C(=O)Cc2ccsc2)cc1.CCCOc1ccc(Cl)cc1CN(CCc1ccc(S(=O)(=O)N2CCCCC2)cc1)C(=O)Cc1ccsc1. The highest BCUT2D eigenvalue weighted by Gasteiger charge is 2.27. The summed E-state index contributed by atoms with van der Waals surface area (Å²) in [4.78, 5) is 35.8. The fraction of sp³-hybridized carbons (Fsp3) is 0.398. The van der Waals surface area contributed by atoms with Gasteiger partial charge in [0.2, 0.25) is 41.9 Å². The van der Waals surface area contributed by atoms with Gasteiger partial charge in [-0.15, -0.1) is 12.8 Å². The van der Waals surface area contributed by atoms with E-state index in [0.29, 0.717) is 110 Å². The Kier molecular flexibility index (Phi) is 36.4. The number of nitrogens with one attached hydrogen (secondary N) is 2. The van der Waals surface area contributed by atoms with E-state index < -0.39 is 30.1 Å². The average molecular weight is 1650 g/mol. The van der Waals surface area contributed by atoms with Crippen molar-refractivity contribution in [3.63, 3.8) is 0 Å². The molecule has 2 aliphatic heterocycles. The minimum absolute atomic E-state index is 0.0136. The lowest BCUT2D eigenvalue weighted by Gasteiger charge is -2.27. The van der Waals surface area contributed by atoms with Crippen molar-refractivity contribution in [2.75, 3.05) is 98.5 Å². The summed E-state index contributed by atoms with van der Waals surface area (Å²) in [7, 11) is -10.7. The highest BCUT2D eigenvalue weighted by atomic mass is 35.5. The molecule has 0 saturated carbocycles. The molecular formula is C83H100Cl3N7O12S5. The van der Waals surface area contributed by atoms with Gasteiger partial charge in [0.25, 0.3) is 0 Å². The number of terminal acetylenes is 2. The predicted molar refractivity (Wildman–Crippen MR) is 442 cm³/mol. The van der Waals surface area contributed by atoms with Crippen molar-refractivity contribution in [3.8, 4) is 41.9 Å². The average Bonchev–Trinajstić information content (AvgIpc) is 0.824. The number of carbonyl (C=O) groups is 2. The van der Waals surface area contributed by atoms with Gasteiger partial charge in [-0.3, -0.25) is 19.4 Å². The lowest BCUT2D eigenvalue weighted by molar-refractivity contribution is -0.131. The normalized spacial score (nSPS) is 13.4. The molecule has 2 N–H and O–H groups in total. The Morgan fingerprint density at radius 2 is 0.918 bits per heavy atom. The van der Waals surface area contributed by atoms with Crippen LogP contribution in [-0.2, 0) is 96.1 Å². The number of ether oxygens (including phenoxy) is 4. The molecule has 110 heavy (non-hydrogen) atoms. The third-order valence-electron chi connectivity index (χ3n) is 18.3. The smallest absolute Gasteiger partial charge is 0.243 e. The summed E-state index contributed by atoms with van der Waals surface area (Å²) < 4.78 is 105. The van der Waals surface area contributed by atoms with E-state index in [2.05, 4.69) is 58.8 Å². The second-order valence-corrected chi connectivity index (χ2v) is 35.1. The summed E-state index contributed by atoms with van der Waals surface area (Å²) in [6.45, 7) is 18.5. The Morgan fingerprint density at radius 3 is 1.31 bits per heavy atom. The summed E-state index contributed by atoms with van der Waals surface area (Å²) in [5, 5.41) is 9.76. The van der Waals surface area contributed by atoms with Crippen LogP contribution >= 0.6 is 57.5 Å². The van der Waals surface area contributed by atoms with Crippen molar-refractivity contribution in [3.05, 3.63) is 221 Å². The first-order valence-electron chi connectivity index (χ1n) is 37.0. The Morgan fingerprint density at radius 1 is 0.518 bits per heavy atom. The fourth-order valence-corrected chi connectivity index (χ4v) is 17.4. The van der Waals surface area contributed by atoms with E-state index in [9.17, 15) is 34.8 Å². The van der Waals surface area contributed by atoms with Crippen LogP contribution in [0.5, 0.6) is 17.2 Å². The highest BCUT2D eigenvalue weighted by molar-refractivity contribution is 7.90. The molecule has 6 aromatic carbocycles. The van der Waals surface area contributed by atoms with Gasteiger partial charge in [0.15, 0.2) is 0 Å². The summed E-state index contributed by atoms with van der Waals surface area (Å²) in [6.07, 6.45) is 17.6. The number of thiophene rings is 2. The van der Waals surface area contributed by atoms with Gasteiger partial charge < -0.3 is 28.7 Å². The molecule has 2 saturated heterocycles. The zero-order valence-corrected chi connectivity index (χ0v) is 69.3. The van der Waals surface area contributed by atoms with E-state index in [1.807, 2.05) is 105 Å². The van der Waals surface area contributed by atoms with Crippen LogP contribution in [-0.4, -0.2) is 165 Å². The van der Waals surface area contributed by atoms with Crippen LogP contribution in [0, 0.1) is 24.7 Å². The van der Waals surface area contributed by atoms with E-state index in [-0.39, 0.29) is 41.1 Å². The van der Waals surface area contributed by atoms with E-state index in [1.54, 1.807) is 92.5 Å². The molecule has 19 nitrogen and oxygen atoms in total. The molecule has 590 valence electrons. The summed E-state index contributed by atoms with van der Waals surface area (Å²) in [6, 6.07) is 41.6. The maximum Gasteiger partial charge on any atom is 0.243 e. The van der Waals surface area contributed by atoms with Crippen LogP contribution in [0.25, 0.3) is 0 Å². The number of benzene rings is 6. The number of hydrogen-bond donors (Lipinski definition) is 2. The Labute approximate surface area is 674 Å². The van der Waals surface area contributed by atoms with E-state index >= 15 is 0 Å². The van der Waals surface area contributed by atoms with Gasteiger partial charge in [0.05, 0.1) is 67.0 Å². The molecule has 0 aliphatic carbocycles. The molecule has 0 unspecified atom stereocenters. The molecule has 2 aromatic heterocycles. The summed E-state index contributed by atoms with van der Waals surface area (Å²) in [5.41, 5.74) is 7.67. The summed E-state index contributed by atoms with van der Waals surface area (Å²) >= 11 is 22.0. The second kappa shape index (κ2) is 45.4. The van der Waals surface area contributed by atoms with Crippen molar-refractivity contribution >= 4 is 99.4 Å². The number of halogens is 3. The van der Waals surface area contributed by atoms with Crippen LogP contribution in [0.1, 0.15) is 104 Å². The molecule has 2 aliphatic rings. The zero-order chi connectivity index (χ0) is 78.9. The minimum atomic E-state index is -3.67. The van der Waals surface area contributed by atoms with Gasteiger partial charge >= 0.3 is 0 Å². The quantitative estimate of drug-likeness (QED) is 0.0345. The number of morpholine rings is 1. The molecular weight excluding hydrogens is 1550 g/mol. The number of rotatable bonds is 38. The number of nitrogens with zero attached hydrogens (tertiary/aromatic N) is 5. The Hall–Kier alpha value is -7.34. The third kappa shape index (κ3) is 28.7. The van der Waals surface area contributed by atoms with Gasteiger partial charge in [-0.1, -0.05) is 103 Å². The van der Waals surface area contributed by atoms with Crippen molar-refractivity contribution in [2.24, 2.45) is 0 Å². The maximum atomic E-state index is 13.5. The van der Waals surface area contributed by atoms with Crippen LogP contribution in [0.15, 0.2) is 176 Å². The maximum absolute atomic E-state index is 13.5. The Balaban J connectivity index is 0.000000210. The zero-order valence-electron chi connectivity index (χ0n) is 62.9. The number of sulfonamides is 3. The lowest BCUT2D eigenvalue weighted by Crippen LogP contribution is -2.38. The summed E-state index contributed by atoms with van der Waals surface area (Å²) in [5.74, 6) is 6.85. The molecule has 2 amide bonds. The molecule has 0 spiro atoms. The standard InChI is InChI=1S/C30H34ClN3O5S2.C29H35ClN2O4S2.C24H31ClN2O3S/c1-2-11-32-41(36,37)28-6-3-24(4-7-28)9-12-34(30(35)20-25-10-19-40-23-25)22-26-21-27(31)5-8-29(26)39-18-15-33-13-16-38-17-14-33;1-2-17-36-28-11-8-26(30)20-25(28)21-31(29(33)19-24-13-18-37-22-24)16-12-23-6-9-27(10-7-23)38(34,35)32-14-4-3-5-15-32;1-5-14-26-31(28,29)23-10-7-20(8-11-23)13-15-27(19(3)4)18-21-17-22(25)9-12-24(21)30-16-6-2/h1,3-8,10,19,21,23,32H,9,11-18,20,22H2;6-11,13,18,20,22H,2-5,12,14-17,19,21H2,1H3;1,7-12,17,19,26H,6,13-16,18H2,2-4H3. The van der Waals surface area contributed by atoms with E-state index in [4.69, 9.17) is 66.6 Å². The van der Waals surface area contributed by atoms with Gasteiger partial charge in [-0.2, -0.15) is 36.4 Å². The molecule has 10 rings (SSSR count). The Bertz CT molecular complexity index is 4610. The first-order chi connectivity index (χ1) is 53.0. The molecule has 8 aromatic rings. The van der Waals surface area contributed by atoms with Crippen LogP contribution in [0.4, 0.5) is 0 Å². The number of hydrogen-bond acceptors (Lipinski definition) is 16. The van der Waals surface area contributed by atoms with Crippen LogP contribution in [0.2, 0.25) is 15.1 Å². The van der Waals surface area contributed by atoms with E-state index in [1.165, 1.54) is 0 Å². The highest BCUT2D eigenvalue weighted by Crippen LogP contribution is 2.30. The van der Waals surface area contributed by atoms with Crippen molar-refractivity contribution in [1.29, 1.82) is 0 Å². The fourth-order valence-electron chi connectivity index (χ4n) is 12.1. The van der Waals surface area contributed by atoms with Crippen LogP contribution in [0.3, 0.4) is 0 Å². The first-order valence-corrected chi connectivity index (χ1v) is 44.4. The van der Waals surface area contributed by atoms with E-state index in [0.717, 1.165) is 140 Å². The molecule has 2 fully saturated rings. The number of carbonyl (C=O) groups excluding carboxylic acids is 2. The topological polar surface area (TPSA) is 214 Å². The lowest BCUT2D eigenvalue weighted by atomic mass is 10.1. The van der Waals surface area contributed by atoms with Gasteiger partial charge in [0, 0.05) is 110 Å². The van der Waals surface area contributed by atoms with Crippen LogP contribution < -0.4 is 23.7 Å². The van der Waals surface area contributed by atoms with Gasteiger partial charge in [-0.25, -0.2) is 25.3 Å². The second-order valence-electron chi connectivity index (χ2n) is 26.8. The monoisotopic (exact) mass is 1650 g/mol. The molecule has 0 bridgehead atoms. The van der Waals surface area contributed by atoms with Crippen molar-refractivity contribution < 1.29 is 53.8 Å². The van der Waals surface area contributed by atoms with Crippen molar-refractivity contribution in [1.82, 2.24) is 33.3 Å². The predicted octanol–water partition coefficient (Wildman–Crippen LogP) is 14.5. The van der Waals surface area contributed by atoms with Crippen molar-refractivity contribution in [2.45, 2.75) is 132 Å². The van der Waals surface area contributed by atoms with Gasteiger partial charge in [0.1, 0.15) is 23.9 Å². The largest absolute Gasteiger partial charge is 0.493 e. The third-order valence-corrected chi connectivity index (χ3v) is 25.2. The number of amides is 2. The molecule has 0 radical (unpaired) electrons. The molecule has 0 atom stereocenters. The first kappa shape index (κ1) is 88.2. The van der Waals surface area contributed by atoms with Gasteiger partial charge in [-0.05, 0) is 211 Å². The number of piperidine rings is 1. The minimum Gasteiger partial charge on any atom is -0.493 e. The molecule has 4 heterocycles. The molecule has 27 heteroatoms.